The molecular weight excluding hydrogens is 246 g/mol. The minimum atomic E-state index is -0.511. The van der Waals surface area contributed by atoms with Crippen molar-refractivity contribution >= 4 is 17.7 Å². The van der Waals surface area contributed by atoms with Crippen LogP contribution >= 0.6 is 11.8 Å². The first kappa shape index (κ1) is 15.1. The van der Waals surface area contributed by atoms with Gasteiger partial charge in [0.15, 0.2) is 0 Å². The Hall–Kier alpha value is -1.00. The Morgan fingerprint density at radius 2 is 2.00 bits per heavy atom. The Kier molecular flexibility index (Phi) is 5.23. The van der Waals surface area contributed by atoms with Gasteiger partial charge in [-0.15, -0.1) is 11.8 Å². The monoisotopic (exact) mass is 267 g/mol. The summed E-state index contributed by atoms with van der Waals surface area (Å²) in [4.78, 5) is 14.8. The van der Waals surface area contributed by atoms with Crippen LogP contribution in [0.3, 0.4) is 0 Å². The smallest absolute Gasteiger partial charge is 0.233 e. The van der Waals surface area contributed by atoms with Gasteiger partial charge in [-0.1, -0.05) is 18.2 Å². The van der Waals surface area contributed by atoms with Crippen molar-refractivity contribution in [2.24, 2.45) is 0 Å². The van der Waals surface area contributed by atoms with Crippen LogP contribution in [-0.4, -0.2) is 40.9 Å². The van der Waals surface area contributed by atoms with Crippen LogP contribution in [0.25, 0.3) is 0 Å². The van der Waals surface area contributed by atoms with E-state index in [1.165, 1.54) is 17.3 Å². The first-order valence-electron chi connectivity index (χ1n) is 5.94. The van der Waals surface area contributed by atoms with Crippen LogP contribution in [0.1, 0.15) is 19.4 Å². The maximum absolute atomic E-state index is 12.0. The number of hydrogen-bond donors (Lipinski definition) is 1. The van der Waals surface area contributed by atoms with Crippen molar-refractivity contribution in [2.75, 3.05) is 19.4 Å². The number of hydrogen-bond acceptors (Lipinski definition) is 3. The first-order chi connectivity index (χ1) is 8.38. The minimum absolute atomic E-state index is 0.0299. The highest BCUT2D eigenvalue weighted by Crippen LogP contribution is 2.23. The van der Waals surface area contributed by atoms with Crippen LogP contribution in [0.5, 0.6) is 0 Å². The van der Waals surface area contributed by atoms with Crippen LogP contribution in [0.15, 0.2) is 29.2 Å². The second kappa shape index (κ2) is 6.25. The fraction of sp³-hybridized carbons (Fsp3) is 0.500. The number of nitrogens with zero attached hydrogens (tertiary/aromatic N) is 1. The van der Waals surface area contributed by atoms with Gasteiger partial charge in [0.1, 0.15) is 0 Å². The third-order valence-electron chi connectivity index (χ3n) is 3.11. The highest BCUT2D eigenvalue weighted by molar-refractivity contribution is 8.00. The molecule has 0 atom stereocenters. The molecule has 0 radical (unpaired) electrons. The van der Waals surface area contributed by atoms with Gasteiger partial charge in [0, 0.05) is 11.9 Å². The molecule has 0 saturated heterocycles. The number of rotatable bonds is 5. The van der Waals surface area contributed by atoms with Crippen molar-refractivity contribution in [1.29, 1.82) is 0 Å². The van der Waals surface area contributed by atoms with Crippen molar-refractivity contribution in [3.05, 3.63) is 29.8 Å². The number of aliphatic hydroxyl groups excluding tert-OH is 1. The lowest BCUT2D eigenvalue weighted by Crippen LogP contribution is -2.48. The van der Waals surface area contributed by atoms with E-state index in [-0.39, 0.29) is 12.5 Å². The van der Waals surface area contributed by atoms with Gasteiger partial charge in [0.25, 0.3) is 0 Å². The fourth-order valence-corrected chi connectivity index (χ4v) is 2.34. The number of carbonyl (C=O) groups is 1. The molecule has 0 heterocycles. The van der Waals surface area contributed by atoms with E-state index in [1.54, 1.807) is 11.9 Å². The molecule has 0 spiro atoms. The van der Waals surface area contributed by atoms with Crippen molar-refractivity contribution in [1.82, 2.24) is 4.90 Å². The van der Waals surface area contributed by atoms with E-state index < -0.39 is 5.54 Å². The SMILES string of the molecule is Cc1ccccc1SCC(=O)N(C)C(C)(C)CO. The van der Waals surface area contributed by atoms with Crippen molar-refractivity contribution in [3.63, 3.8) is 0 Å². The van der Waals surface area contributed by atoms with Gasteiger partial charge in [-0.3, -0.25) is 4.79 Å². The first-order valence-corrected chi connectivity index (χ1v) is 6.93. The quantitative estimate of drug-likeness (QED) is 0.832. The van der Waals surface area contributed by atoms with Gasteiger partial charge in [-0.25, -0.2) is 0 Å². The lowest BCUT2D eigenvalue weighted by Gasteiger charge is -2.33. The summed E-state index contributed by atoms with van der Waals surface area (Å²) in [6.07, 6.45) is 0. The number of thioether (sulfide) groups is 1. The summed E-state index contributed by atoms with van der Waals surface area (Å²) >= 11 is 1.54. The summed E-state index contributed by atoms with van der Waals surface area (Å²) in [5, 5.41) is 9.24. The molecule has 0 bridgehead atoms. The molecule has 0 aromatic heterocycles. The van der Waals surface area contributed by atoms with Gasteiger partial charge in [0.05, 0.1) is 17.9 Å². The molecule has 0 unspecified atom stereocenters. The Morgan fingerprint density at radius 1 is 1.39 bits per heavy atom. The summed E-state index contributed by atoms with van der Waals surface area (Å²) in [6, 6.07) is 8.02. The zero-order chi connectivity index (χ0) is 13.8. The Morgan fingerprint density at radius 3 is 2.56 bits per heavy atom. The molecule has 1 aromatic carbocycles. The van der Waals surface area contributed by atoms with E-state index in [2.05, 4.69) is 0 Å². The lowest BCUT2D eigenvalue weighted by atomic mass is 10.1. The third-order valence-corrected chi connectivity index (χ3v) is 4.27. The van der Waals surface area contributed by atoms with Crippen LogP contribution < -0.4 is 0 Å². The molecule has 1 N–H and O–H groups in total. The summed E-state index contributed by atoms with van der Waals surface area (Å²) in [7, 11) is 1.73. The summed E-state index contributed by atoms with van der Waals surface area (Å²) in [5.41, 5.74) is 0.669. The normalized spacial score (nSPS) is 11.4. The molecule has 1 aromatic rings. The number of benzene rings is 1. The average Bonchev–Trinajstić information content (AvgIpc) is 2.36. The molecule has 0 aliphatic heterocycles. The lowest BCUT2D eigenvalue weighted by molar-refractivity contribution is -0.133. The predicted octanol–water partition coefficient (Wildman–Crippen LogP) is 2.32. The highest BCUT2D eigenvalue weighted by atomic mass is 32.2. The minimum Gasteiger partial charge on any atom is -0.394 e. The second-order valence-corrected chi connectivity index (χ2v) is 5.99. The van der Waals surface area contributed by atoms with Crippen LogP contribution in [-0.2, 0) is 4.79 Å². The topological polar surface area (TPSA) is 40.5 Å². The molecule has 18 heavy (non-hydrogen) atoms. The molecule has 3 nitrogen and oxygen atoms in total. The zero-order valence-corrected chi connectivity index (χ0v) is 12.3. The van der Waals surface area contributed by atoms with Crippen LogP contribution in [0.2, 0.25) is 0 Å². The van der Waals surface area contributed by atoms with E-state index in [0.29, 0.717) is 5.75 Å². The van der Waals surface area contributed by atoms with Crippen molar-refractivity contribution in [3.8, 4) is 0 Å². The van der Waals surface area contributed by atoms with E-state index in [4.69, 9.17) is 0 Å². The fourth-order valence-electron chi connectivity index (χ4n) is 1.40. The van der Waals surface area contributed by atoms with Crippen molar-refractivity contribution < 1.29 is 9.90 Å². The van der Waals surface area contributed by atoms with Gasteiger partial charge in [0.2, 0.25) is 5.91 Å². The second-order valence-electron chi connectivity index (χ2n) is 4.98. The van der Waals surface area contributed by atoms with Gasteiger partial charge >= 0.3 is 0 Å². The summed E-state index contributed by atoms with van der Waals surface area (Å²) in [5.74, 6) is 0.424. The maximum Gasteiger partial charge on any atom is 0.233 e. The summed E-state index contributed by atoms with van der Waals surface area (Å²) in [6.45, 7) is 5.70. The van der Waals surface area contributed by atoms with E-state index >= 15 is 0 Å². The third kappa shape index (κ3) is 3.75. The Labute approximate surface area is 113 Å². The Balaban J connectivity index is 2.59. The number of amides is 1. The molecule has 0 aliphatic rings. The molecule has 0 fully saturated rings. The number of aryl methyl sites for hydroxylation is 1. The van der Waals surface area contributed by atoms with Gasteiger partial charge < -0.3 is 10.0 Å². The largest absolute Gasteiger partial charge is 0.394 e. The van der Waals surface area contributed by atoms with E-state index in [0.717, 1.165) is 4.90 Å². The molecule has 0 saturated carbocycles. The standard InChI is InChI=1S/C14H21NO2S/c1-11-7-5-6-8-12(11)18-9-13(17)15(4)14(2,3)10-16/h5-8,16H,9-10H2,1-4H3. The van der Waals surface area contributed by atoms with E-state index in [9.17, 15) is 9.90 Å². The Bertz CT molecular complexity index is 418. The molecular formula is C14H21NO2S. The zero-order valence-electron chi connectivity index (χ0n) is 11.4. The number of aliphatic hydroxyl groups is 1. The molecule has 4 heteroatoms. The highest BCUT2D eigenvalue weighted by Gasteiger charge is 2.26. The van der Waals surface area contributed by atoms with Gasteiger partial charge in [-0.05, 0) is 32.4 Å². The predicted molar refractivity (Wildman–Crippen MR) is 75.8 cm³/mol. The number of carbonyl (C=O) groups excluding carboxylic acids is 1. The molecule has 0 aliphatic carbocycles. The average molecular weight is 267 g/mol. The van der Waals surface area contributed by atoms with E-state index in [1.807, 2.05) is 45.0 Å². The molecule has 1 rings (SSSR count). The molecule has 100 valence electrons. The van der Waals surface area contributed by atoms with Crippen LogP contribution in [0, 0.1) is 6.92 Å². The van der Waals surface area contributed by atoms with Crippen molar-refractivity contribution in [2.45, 2.75) is 31.2 Å². The van der Waals surface area contributed by atoms with Gasteiger partial charge in [-0.2, -0.15) is 0 Å². The molecule has 1 amide bonds. The maximum atomic E-state index is 12.0. The summed E-state index contributed by atoms with van der Waals surface area (Å²) < 4.78 is 0. The van der Waals surface area contributed by atoms with Crippen LogP contribution in [0.4, 0.5) is 0 Å². The number of likely N-dealkylation sites (N-methyl/N-ethyl adjacent to an activating group) is 1.